The third-order valence-corrected chi connectivity index (χ3v) is 2.42. The van der Waals surface area contributed by atoms with Gasteiger partial charge in [-0.2, -0.15) is 0 Å². The molecule has 1 aromatic carbocycles. The fourth-order valence-corrected chi connectivity index (χ4v) is 1.41. The molecule has 1 rings (SSSR count). The van der Waals surface area contributed by atoms with Crippen LogP contribution in [0.2, 0.25) is 0 Å². The molecule has 0 atom stereocenters. The van der Waals surface area contributed by atoms with Crippen molar-refractivity contribution in [2.75, 3.05) is 40.5 Å². The Kier molecular flexibility index (Phi) is 9.88. The first-order chi connectivity index (χ1) is 8.77. The lowest BCUT2D eigenvalue weighted by atomic mass is 10.2. The number of benzene rings is 1. The van der Waals surface area contributed by atoms with Crippen LogP contribution in [0.3, 0.4) is 0 Å². The number of hydrogen-bond acceptors (Lipinski definition) is 4. The van der Waals surface area contributed by atoms with Crippen molar-refractivity contribution in [2.45, 2.75) is 0 Å². The summed E-state index contributed by atoms with van der Waals surface area (Å²) in [6.07, 6.45) is 0. The number of nitrogens with one attached hydrogen (secondary N) is 2. The normalized spacial score (nSPS) is 9.58. The van der Waals surface area contributed by atoms with Gasteiger partial charge in [0.2, 0.25) is 0 Å². The van der Waals surface area contributed by atoms with E-state index in [0.29, 0.717) is 18.7 Å². The molecule has 0 saturated heterocycles. The van der Waals surface area contributed by atoms with Gasteiger partial charge in [0.1, 0.15) is 5.75 Å². The first-order valence-electron chi connectivity index (χ1n) is 5.90. The number of ether oxygens (including phenoxy) is 2. The lowest BCUT2D eigenvalue weighted by Crippen LogP contribution is -2.33. The van der Waals surface area contributed by atoms with E-state index >= 15 is 0 Å². The Labute approximate surface area is 120 Å². The Morgan fingerprint density at radius 2 is 1.79 bits per heavy atom. The van der Waals surface area contributed by atoms with Crippen LogP contribution < -0.4 is 15.4 Å². The number of rotatable bonds is 8. The minimum absolute atomic E-state index is 0. The average molecular weight is 289 g/mol. The van der Waals surface area contributed by atoms with E-state index in [0.717, 1.165) is 18.8 Å². The Bertz CT molecular complexity index is 357. The summed E-state index contributed by atoms with van der Waals surface area (Å²) in [5.41, 5.74) is 0.632. The van der Waals surface area contributed by atoms with Crippen molar-refractivity contribution in [1.29, 1.82) is 0 Å². The summed E-state index contributed by atoms with van der Waals surface area (Å²) in [6, 6.07) is 7.02. The maximum atomic E-state index is 11.7. The highest BCUT2D eigenvalue weighted by Gasteiger charge is 2.04. The minimum Gasteiger partial charge on any atom is -0.497 e. The monoisotopic (exact) mass is 288 g/mol. The maximum absolute atomic E-state index is 11.7. The second kappa shape index (κ2) is 10.6. The van der Waals surface area contributed by atoms with E-state index in [9.17, 15) is 4.79 Å². The van der Waals surface area contributed by atoms with Gasteiger partial charge in [0, 0.05) is 32.3 Å². The van der Waals surface area contributed by atoms with Crippen molar-refractivity contribution >= 4 is 18.3 Å². The third-order valence-electron chi connectivity index (χ3n) is 2.42. The number of amides is 1. The molecule has 6 heteroatoms. The molecule has 1 amide bonds. The zero-order valence-electron chi connectivity index (χ0n) is 11.3. The highest BCUT2D eigenvalue weighted by Crippen LogP contribution is 2.10. The van der Waals surface area contributed by atoms with Crippen LogP contribution in [0.25, 0.3) is 0 Å². The Morgan fingerprint density at radius 1 is 1.11 bits per heavy atom. The highest BCUT2D eigenvalue weighted by molar-refractivity contribution is 5.94. The third kappa shape index (κ3) is 7.00. The largest absolute Gasteiger partial charge is 0.497 e. The molecule has 19 heavy (non-hydrogen) atoms. The van der Waals surface area contributed by atoms with Gasteiger partial charge in [-0.25, -0.2) is 0 Å². The van der Waals surface area contributed by atoms with Gasteiger partial charge in [-0.05, 0) is 24.3 Å². The van der Waals surface area contributed by atoms with Gasteiger partial charge in [0.05, 0.1) is 13.7 Å². The summed E-state index contributed by atoms with van der Waals surface area (Å²) in [5.74, 6) is 0.666. The molecule has 0 bridgehead atoms. The summed E-state index contributed by atoms with van der Waals surface area (Å²) in [5, 5.41) is 5.98. The molecule has 0 aromatic heterocycles. The zero-order valence-corrected chi connectivity index (χ0v) is 12.1. The molecule has 0 aliphatic rings. The summed E-state index contributed by atoms with van der Waals surface area (Å²) in [7, 11) is 3.26. The van der Waals surface area contributed by atoms with E-state index in [4.69, 9.17) is 9.47 Å². The number of halogens is 1. The van der Waals surface area contributed by atoms with E-state index in [1.807, 2.05) is 0 Å². The van der Waals surface area contributed by atoms with E-state index in [1.165, 1.54) is 0 Å². The summed E-state index contributed by atoms with van der Waals surface area (Å²) < 4.78 is 9.93. The van der Waals surface area contributed by atoms with Gasteiger partial charge in [-0.3, -0.25) is 4.79 Å². The van der Waals surface area contributed by atoms with Crippen molar-refractivity contribution < 1.29 is 14.3 Å². The quantitative estimate of drug-likeness (QED) is 0.703. The molecule has 0 saturated carbocycles. The first-order valence-corrected chi connectivity index (χ1v) is 5.90. The molecular formula is C13H21ClN2O3. The van der Waals surface area contributed by atoms with E-state index in [1.54, 1.807) is 38.5 Å². The fraction of sp³-hybridized carbons (Fsp3) is 0.462. The SMILES string of the molecule is COCCNCCNC(=O)c1ccc(OC)cc1.Cl. The first kappa shape index (κ1) is 17.7. The Balaban J connectivity index is 0.00000324. The number of carbonyl (C=O) groups is 1. The molecule has 108 valence electrons. The standard InChI is InChI=1S/C13H20N2O3.ClH/c1-17-10-9-14-7-8-15-13(16)11-3-5-12(18-2)6-4-11;/h3-6,14H,7-10H2,1-2H3,(H,15,16);1H. The van der Waals surface area contributed by atoms with Crippen molar-refractivity contribution in [3.63, 3.8) is 0 Å². The van der Waals surface area contributed by atoms with Crippen LogP contribution in [-0.2, 0) is 4.74 Å². The van der Waals surface area contributed by atoms with Crippen molar-refractivity contribution in [3.05, 3.63) is 29.8 Å². The van der Waals surface area contributed by atoms with Crippen molar-refractivity contribution in [1.82, 2.24) is 10.6 Å². The number of hydrogen-bond donors (Lipinski definition) is 2. The summed E-state index contributed by atoms with van der Waals surface area (Å²) >= 11 is 0. The molecule has 0 spiro atoms. The minimum atomic E-state index is -0.0776. The molecule has 0 aliphatic carbocycles. The van der Waals surface area contributed by atoms with Crippen molar-refractivity contribution in [2.24, 2.45) is 0 Å². The molecule has 0 heterocycles. The fourth-order valence-electron chi connectivity index (χ4n) is 1.41. The zero-order chi connectivity index (χ0) is 13.2. The van der Waals surface area contributed by atoms with Gasteiger partial charge in [0.15, 0.2) is 0 Å². The second-order valence-corrected chi connectivity index (χ2v) is 3.73. The Morgan fingerprint density at radius 3 is 2.37 bits per heavy atom. The summed E-state index contributed by atoms with van der Waals surface area (Å²) in [6.45, 7) is 2.78. The maximum Gasteiger partial charge on any atom is 0.251 e. The topological polar surface area (TPSA) is 59.6 Å². The van der Waals surface area contributed by atoms with Crippen molar-refractivity contribution in [3.8, 4) is 5.75 Å². The second-order valence-electron chi connectivity index (χ2n) is 3.73. The predicted molar refractivity (Wildman–Crippen MR) is 77.3 cm³/mol. The highest BCUT2D eigenvalue weighted by atomic mass is 35.5. The summed E-state index contributed by atoms with van der Waals surface area (Å²) in [4.78, 5) is 11.7. The Hall–Kier alpha value is -1.30. The van der Waals surface area contributed by atoms with Gasteiger partial charge in [0.25, 0.3) is 5.91 Å². The van der Waals surface area contributed by atoms with Crippen LogP contribution in [0.5, 0.6) is 5.75 Å². The molecule has 1 aromatic rings. The average Bonchev–Trinajstić information content (AvgIpc) is 2.42. The smallest absolute Gasteiger partial charge is 0.251 e. The number of carbonyl (C=O) groups excluding carboxylic acids is 1. The van der Waals surface area contributed by atoms with Crippen LogP contribution in [0.1, 0.15) is 10.4 Å². The van der Waals surface area contributed by atoms with Crippen LogP contribution in [-0.4, -0.2) is 46.4 Å². The molecular weight excluding hydrogens is 268 g/mol. The van der Waals surface area contributed by atoms with Gasteiger partial charge < -0.3 is 20.1 Å². The van der Waals surface area contributed by atoms with Crippen LogP contribution in [0, 0.1) is 0 Å². The van der Waals surface area contributed by atoms with E-state index < -0.39 is 0 Å². The molecule has 0 fully saturated rings. The van der Waals surface area contributed by atoms with Crippen LogP contribution in [0.15, 0.2) is 24.3 Å². The number of methoxy groups -OCH3 is 2. The van der Waals surface area contributed by atoms with E-state index in [-0.39, 0.29) is 18.3 Å². The molecule has 0 unspecified atom stereocenters. The predicted octanol–water partition coefficient (Wildman–Crippen LogP) is 1.08. The van der Waals surface area contributed by atoms with Gasteiger partial charge >= 0.3 is 0 Å². The molecule has 2 N–H and O–H groups in total. The molecule has 0 radical (unpaired) electrons. The van der Waals surface area contributed by atoms with Gasteiger partial charge in [-0.1, -0.05) is 0 Å². The van der Waals surface area contributed by atoms with E-state index in [2.05, 4.69) is 10.6 Å². The van der Waals surface area contributed by atoms with Gasteiger partial charge in [-0.15, -0.1) is 12.4 Å². The lowest BCUT2D eigenvalue weighted by Gasteiger charge is -2.07. The molecule has 0 aliphatic heterocycles. The van der Waals surface area contributed by atoms with Crippen LogP contribution in [0.4, 0.5) is 0 Å². The lowest BCUT2D eigenvalue weighted by molar-refractivity contribution is 0.0953. The molecule has 5 nitrogen and oxygen atoms in total. The van der Waals surface area contributed by atoms with Crippen LogP contribution >= 0.6 is 12.4 Å².